The van der Waals surface area contributed by atoms with Crippen LogP contribution >= 0.6 is 0 Å². The van der Waals surface area contributed by atoms with Crippen LogP contribution in [0.1, 0.15) is 157 Å². The van der Waals surface area contributed by atoms with Gasteiger partial charge in [0.15, 0.2) is 46.3 Å². The molecule has 0 amide bonds. The molecule has 0 saturated heterocycles. The molecule has 680 valence electrons. The molecule has 0 aliphatic heterocycles. The Morgan fingerprint density at radius 2 is 0.561 bits per heavy atom. The van der Waals surface area contributed by atoms with Crippen LogP contribution in [0.4, 0.5) is 50.4 Å². The van der Waals surface area contributed by atoms with Gasteiger partial charge in [-0.1, -0.05) is 182 Å². The Morgan fingerprint density at radius 3 is 0.848 bits per heavy atom. The fourth-order valence-electron chi connectivity index (χ4n) is 13.5. The molecule has 9 aromatic carbocycles. The molecule has 0 aliphatic carbocycles. The van der Waals surface area contributed by atoms with Gasteiger partial charge in [-0.3, -0.25) is 47.9 Å². The van der Waals surface area contributed by atoms with E-state index in [0.29, 0.717) is 74.3 Å². The maximum atomic E-state index is 13.2. The van der Waals surface area contributed by atoms with Crippen molar-refractivity contribution in [1.29, 1.82) is 0 Å². The molecule has 5 aromatic heterocycles. The average Bonchev–Trinajstić information content (AvgIpc) is 1.70. The van der Waals surface area contributed by atoms with E-state index >= 15 is 0 Å². The van der Waals surface area contributed by atoms with Crippen molar-refractivity contribution in [2.45, 2.75) is 113 Å². The lowest BCUT2D eigenvalue weighted by atomic mass is 10.1. The Bertz CT molecular complexity index is 6090. The number of aliphatic carboxylic acids is 1. The zero-order chi connectivity index (χ0) is 95.7. The van der Waals surface area contributed by atoms with Gasteiger partial charge in [0.1, 0.15) is 29.1 Å². The molecule has 0 spiro atoms. The summed E-state index contributed by atoms with van der Waals surface area (Å²) in [7, 11) is 5.80. The number of halogens is 5. The van der Waals surface area contributed by atoms with Crippen LogP contribution in [0.15, 0.2) is 304 Å². The van der Waals surface area contributed by atoms with E-state index in [1.54, 1.807) is 119 Å². The maximum Gasteiger partial charge on any atom is 0.372 e. The second-order valence-electron chi connectivity index (χ2n) is 31.3. The van der Waals surface area contributed by atoms with Crippen molar-refractivity contribution in [2.75, 3.05) is 46.9 Å². The largest absolute Gasteiger partial charge is 0.475 e. The summed E-state index contributed by atoms with van der Waals surface area (Å²) in [5.74, 6) is -7.41. The zero-order valence-corrected chi connectivity index (χ0v) is 74.6. The topological polar surface area (TPSA) is 280 Å². The molecular weight excluding hydrogens is 1690 g/mol. The summed E-state index contributed by atoms with van der Waals surface area (Å²) in [6.07, 6.45) is 8.02. The minimum atomic E-state index is -1.64. The maximum absolute atomic E-state index is 13.2. The predicted molar refractivity (Wildman–Crippen MR) is 501 cm³/mol. The van der Waals surface area contributed by atoms with Crippen molar-refractivity contribution in [3.8, 4) is 0 Å². The highest BCUT2D eigenvalue weighted by Crippen LogP contribution is 2.28. The van der Waals surface area contributed by atoms with Crippen LogP contribution in [0.25, 0.3) is 0 Å². The number of aromatic nitrogens is 5. The number of benzene rings is 9. The third-order valence-electron chi connectivity index (χ3n) is 20.7. The summed E-state index contributed by atoms with van der Waals surface area (Å²) in [6.45, 7) is 13.2. The standard InChI is InChI=1S/C24H23FN2O3.C23H21FN2O4.C21H21FN2O.C20H19FN2O.C13H13FN2O.C4H6O2/c1-17(28)23(29)13-24(30)22-12-21(26(2)14-18-6-4-3-5-7-18)16-27(22)15-19-8-10-20(25)11-9-19;1-25(13-16-5-3-2-4-6-16)19-11-20(21(27)12-22(28)23(29)30)26(15-19)14-17-7-9-18(24)10-8-17;1-16(25)21-12-20(23(2)13-17-6-4-3-5-7-17)15-24(21)14-18-8-10-19(22)11-9-18;1-15(24)20-11-19(22-12-16-5-3-2-4-6-16)14-23(20)13-17-7-9-18(21)10-8-17;1-9(17)13-6-12(15)8-16(13)7-10-2-4-11(14)5-3-10;1-3(5)4(2)6/h3-12,16H,13-15H2,1-2H3;2-11,15H,12-14H2,1H3,(H,29,30);3-12,15H,13-14H2,1-2H3;2-11,14,22H,12-13H2,1H3;2-6,8H,7,15H2,1H3;1-2H3. The molecule has 0 radical (unpaired) electrons. The molecule has 0 saturated carbocycles. The molecule has 14 rings (SSSR count). The van der Waals surface area contributed by atoms with Crippen LogP contribution in [-0.4, -0.2) is 113 Å². The highest BCUT2D eigenvalue weighted by molar-refractivity contribution is 6.40. The molecule has 27 heteroatoms. The second-order valence-corrected chi connectivity index (χ2v) is 31.3. The minimum Gasteiger partial charge on any atom is -0.475 e. The number of anilines is 5. The quantitative estimate of drug-likeness (QED) is 0.0146. The molecule has 5 heterocycles. The first-order valence-corrected chi connectivity index (χ1v) is 41.9. The average molecular weight is 1790 g/mol. The molecule has 0 bridgehead atoms. The third-order valence-corrected chi connectivity index (χ3v) is 20.7. The van der Waals surface area contributed by atoms with Crippen LogP contribution in [0, 0.1) is 29.1 Å². The summed E-state index contributed by atoms with van der Waals surface area (Å²) in [5.41, 5.74) is 21.0. The van der Waals surface area contributed by atoms with E-state index in [9.17, 15) is 74.7 Å². The Balaban J connectivity index is 0.000000184. The van der Waals surface area contributed by atoms with Crippen LogP contribution in [0.2, 0.25) is 0 Å². The second kappa shape index (κ2) is 48.9. The highest BCUT2D eigenvalue weighted by atomic mass is 19.1. The van der Waals surface area contributed by atoms with Gasteiger partial charge in [-0.25, -0.2) is 26.7 Å². The smallest absolute Gasteiger partial charge is 0.372 e. The van der Waals surface area contributed by atoms with Crippen LogP contribution in [0.3, 0.4) is 0 Å². The molecule has 22 nitrogen and oxygen atoms in total. The van der Waals surface area contributed by atoms with Crippen LogP contribution in [-0.2, 0) is 87.7 Å². The lowest BCUT2D eigenvalue weighted by molar-refractivity contribution is -0.148. The Hall–Kier alpha value is -15.8. The summed E-state index contributed by atoms with van der Waals surface area (Å²) in [5, 5.41) is 12.2. The summed E-state index contributed by atoms with van der Waals surface area (Å²) < 4.78 is 74.3. The van der Waals surface area contributed by atoms with E-state index in [2.05, 4.69) is 22.3 Å². The minimum absolute atomic E-state index is 0.00451. The van der Waals surface area contributed by atoms with Crippen molar-refractivity contribution >= 4 is 92.2 Å². The van der Waals surface area contributed by atoms with Gasteiger partial charge in [-0.05, 0) is 141 Å². The fraction of sp³-hybridized carbons (Fsp3) is 0.190. The number of ketones is 10. The number of nitrogens with two attached hydrogens (primary N) is 1. The van der Waals surface area contributed by atoms with Crippen molar-refractivity contribution in [3.63, 3.8) is 0 Å². The summed E-state index contributed by atoms with van der Waals surface area (Å²) >= 11 is 0. The van der Waals surface area contributed by atoms with Crippen LogP contribution in [0.5, 0.6) is 0 Å². The van der Waals surface area contributed by atoms with Gasteiger partial charge >= 0.3 is 5.97 Å². The monoisotopic (exact) mass is 1790 g/mol. The number of carbonyl (C=O) groups is 11. The van der Waals surface area contributed by atoms with E-state index in [0.717, 1.165) is 75.2 Å². The summed E-state index contributed by atoms with van der Waals surface area (Å²) in [4.78, 5) is 132. The molecule has 0 atom stereocenters. The van der Waals surface area contributed by atoms with E-state index in [-0.39, 0.29) is 70.2 Å². The van der Waals surface area contributed by atoms with E-state index < -0.39 is 47.7 Å². The van der Waals surface area contributed by atoms with E-state index in [4.69, 9.17) is 10.8 Å². The number of hydrogen-bond donors (Lipinski definition) is 3. The number of carboxylic acid groups (broad SMARTS) is 1. The Labute approximate surface area is 762 Å². The molecule has 0 fully saturated rings. The summed E-state index contributed by atoms with van der Waals surface area (Å²) in [6, 6.07) is 79.5. The van der Waals surface area contributed by atoms with Gasteiger partial charge < -0.3 is 53.7 Å². The molecule has 0 aliphatic rings. The van der Waals surface area contributed by atoms with Crippen molar-refractivity contribution in [2.24, 2.45) is 0 Å². The molecular formula is C105H103F5N10O12. The zero-order valence-electron chi connectivity index (χ0n) is 74.6. The highest BCUT2D eigenvalue weighted by Gasteiger charge is 2.25. The lowest BCUT2D eigenvalue weighted by Gasteiger charge is -2.17. The molecule has 4 N–H and O–H groups in total. The first-order valence-electron chi connectivity index (χ1n) is 41.9. The number of nitrogen functional groups attached to an aromatic ring is 1. The van der Waals surface area contributed by atoms with Crippen molar-refractivity contribution in [1.82, 2.24) is 22.8 Å². The number of nitrogens with zero attached hydrogens (tertiary/aromatic N) is 8. The van der Waals surface area contributed by atoms with E-state index in [1.807, 2.05) is 180 Å². The van der Waals surface area contributed by atoms with Crippen molar-refractivity contribution < 1.29 is 79.8 Å². The Kier molecular flexibility index (Phi) is 37.1. The van der Waals surface area contributed by atoms with Crippen molar-refractivity contribution in [3.05, 3.63) is 412 Å². The molecule has 132 heavy (non-hydrogen) atoms. The molecule has 14 aromatic rings. The molecule has 0 unspecified atom stereocenters. The van der Waals surface area contributed by atoms with Gasteiger partial charge in [-0.15, -0.1) is 0 Å². The number of Topliss-reactive ketones (excluding diaryl/α,β-unsaturated/α-hetero) is 10. The predicted octanol–water partition coefficient (Wildman–Crippen LogP) is 19.2. The first kappa shape index (κ1) is 100.0. The van der Waals surface area contributed by atoms with Gasteiger partial charge in [0, 0.05) is 153 Å². The number of hydrogen-bond acceptors (Lipinski definition) is 16. The van der Waals surface area contributed by atoms with Gasteiger partial charge in [0.05, 0.1) is 69.7 Å². The number of nitrogens with one attached hydrogen (secondary N) is 1. The SMILES string of the molecule is CC(=O)C(=O)CC(=O)c1cc(N(C)Cc2ccccc2)cn1Cc1ccc(F)cc1.CC(=O)C(C)=O.CC(=O)c1cc(N(C)Cc2ccccc2)cn1Cc1ccc(F)cc1.CC(=O)c1cc(N)cn1Cc1ccc(F)cc1.CC(=O)c1cc(NCc2ccccc2)cn1Cc1ccc(F)cc1.CN(Cc1ccccc1)c1cc(C(=O)CC(=O)C(=O)O)n(Cc2ccc(F)cc2)c1. The lowest BCUT2D eigenvalue weighted by Crippen LogP contribution is -2.19. The number of carboxylic acids is 1. The normalized spacial score (nSPS) is 10.5. The van der Waals surface area contributed by atoms with Gasteiger partial charge in [0.25, 0.3) is 0 Å². The van der Waals surface area contributed by atoms with E-state index in [1.165, 1.54) is 92.6 Å². The van der Waals surface area contributed by atoms with Gasteiger partial charge in [-0.2, -0.15) is 0 Å². The van der Waals surface area contributed by atoms with Gasteiger partial charge in [0.2, 0.25) is 11.6 Å². The third kappa shape index (κ3) is 31.6. The first-order chi connectivity index (χ1) is 63.0. The number of carbonyl (C=O) groups excluding carboxylic acids is 10. The number of rotatable bonds is 34. The fourth-order valence-corrected chi connectivity index (χ4v) is 13.5. The Morgan fingerprint density at radius 1 is 0.303 bits per heavy atom. The van der Waals surface area contributed by atoms with Crippen LogP contribution < -0.4 is 25.8 Å².